The summed E-state index contributed by atoms with van der Waals surface area (Å²) in [4.78, 5) is 18.2. The van der Waals surface area contributed by atoms with Crippen molar-refractivity contribution in [3.63, 3.8) is 0 Å². The van der Waals surface area contributed by atoms with Crippen LogP contribution in [0.1, 0.15) is 25.7 Å². The number of carbonyl (C=O) groups is 1. The van der Waals surface area contributed by atoms with Gasteiger partial charge in [0.15, 0.2) is 0 Å². The molecule has 3 aromatic rings. The normalized spacial score (nSPS) is 19.0. The number of ether oxygens (including phenoxy) is 1. The van der Waals surface area contributed by atoms with E-state index in [-0.39, 0.29) is 43.1 Å². The Morgan fingerprint density at radius 1 is 1.00 bits per heavy atom. The lowest BCUT2D eigenvalue weighted by atomic mass is 10.0. The summed E-state index contributed by atoms with van der Waals surface area (Å²) in [5.41, 5.74) is 2.15. The van der Waals surface area contributed by atoms with Crippen LogP contribution in [-0.4, -0.2) is 67.4 Å². The predicted molar refractivity (Wildman–Crippen MR) is 131 cm³/mol. The van der Waals surface area contributed by atoms with Gasteiger partial charge in [0.25, 0.3) is 0 Å². The average molecular weight is 498 g/mol. The smallest absolute Gasteiger partial charge is 0.248 e. The molecule has 0 radical (unpaired) electrons. The average Bonchev–Trinajstić information content (AvgIpc) is 3.69. The molecule has 0 bridgehead atoms. The Labute approximate surface area is 204 Å². The Morgan fingerprint density at radius 3 is 2.63 bits per heavy atom. The molecule has 2 aliphatic rings. The Hall–Kier alpha value is -2.88. The summed E-state index contributed by atoms with van der Waals surface area (Å²) in [5.74, 6) is -0.845. The highest BCUT2D eigenvalue weighted by Gasteiger charge is 2.33. The zero-order valence-corrected chi connectivity index (χ0v) is 20.2. The maximum Gasteiger partial charge on any atom is 0.248 e. The standard InChI is InChI=1S/C26H28FN3O4S/c27-23-17-19(21-5-3-7-24-22(21)6-4-12-28-24)8-11-25(23)35(32,33)29-13-1-2-14-30(20-9-10-20)26(31)18-34-16-15-29/h3-8,11-12,17,20H,1-2,9-10,13-16,18H2. The molecule has 7 nitrogen and oxygen atoms in total. The molecule has 5 rings (SSSR count). The van der Waals surface area contributed by atoms with Crippen molar-refractivity contribution in [3.8, 4) is 11.1 Å². The Morgan fingerprint density at radius 2 is 1.83 bits per heavy atom. The van der Waals surface area contributed by atoms with Crippen molar-refractivity contribution in [1.82, 2.24) is 14.2 Å². The first kappa shape index (κ1) is 23.8. The number of benzene rings is 2. The van der Waals surface area contributed by atoms with Gasteiger partial charge in [0, 0.05) is 37.3 Å². The third-order valence-corrected chi connectivity index (χ3v) is 8.51. The van der Waals surface area contributed by atoms with Crippen molar-refractivity contribution in [2.45, 2.75) is 36.6 Å². The molecule has 0 N–H and O–H groups in total. The van der Waals surface area contributed by atoms with E-state index in [4.69, 9.17) is 4.74 Å². The molecule has 0 atom stereocenters. The molecule has 1 saturated carbocycles. The van der Waals surface area contributed by atoms with Crippen molar-refractivity contribution in [2.24, 2.45) is 0 Å². The number of hydrogen-bond acceptors (Lipinski definition) is 5. The zero-order chi connectivity index (χ0) is 24.4. The number of hydrogen-bond donors (Lipinski definition) is 0. The van der Waals surface area contributed by atoms with E-state index in [2.05, 4.69) is 4.98 Å². The summed E-state index contributed by atoms with van der Waals surface area (Å²) in [6.07, 6.45) is 4.98. The van der Waals surface area contributed by atoms with Crippen LogP contribution in [0.15, 0.2) is 59.6 Å². The van der Waals surface area contributed by atoms with Crippen LogP contribution in [0.5, 0.6) is 0 Å². The van der Waals surface area contributed by atoms with Crippen LogP contribution >= 0.6 is 0 Å². The summed E-state index contributed by atoms with van der Waals surface area (Å²) < 4.78 is 48.9. The van der Waals surface area contributed by atoms with E-state index >= 15 is 4.39 Å². The van der Waals surface area contributed by atoms with Gasteiger partial charge >= 0.3 is 0 Å². The highest BCUT2D eigenvalue weighted by atomic mass is 32.2. The van der Waals surface area contributed by atoms with Gasteiger partial charge in [0.1, 0.15) is 17.3 Å². The summed E-state index contributed by atoms with van der Waals surface area (Å²) >= 11 is 0. The van der Waals surface area contributed by atoms with Gasteiger partial charge in [-0.05, 0) is 61.1 Å². The Balaban J connectivity index is 1.38. The Bertz CT molecular complexity index is 1340. The van der Waals surface area contributed by atoms with Gasteiger partial charge in [-0.25, -0.2) is 12.8 Å². The SMILES string of the molecule is O=C1COCCN(S(=O)(=O)c2ccc(-c3cccc4ncccc34)cc2F)CCCCN1C1CC1. The van der Waals surface area contributed by atoms with Crippen LogP contribution in [0.3, 0.4) is 0 Å². The van der Waals surface area contributed by atoms with E-state index in [0.717, 1.165) is 29.3 Å². The summed E-state index contributed by atoms with van der Waals surface area (Å²) in [6.45, 7) is 0.910. The molecular formula is C26H28FN3O4S. The maximum atomic E-state index is 15.3. The van der Waals surface area contributed by atoms with Gasteiger partial charge in [-0.15, -0.1) is 0 Å². The first-order valence-corrected chi connectivity index (χ1v) is 13.4. The van der Waals surface area contributed by atoms with Crippen molar-refractivity contribution in [1.29, 1.82) is 0 Å². The van der Waals surface area contributed by atoms with Gasteiger partial charge in [-0.2, -0.15) is 4.31 Å². The summed E-state index contributed by atoms with van der Waals surface area (Å²) in [7, 11) is -4.08. The van der Waals surface area contributed by atoms with Gasteiger partial charge in [0.2, 0.25) is 15.9 Å². The number of sulfonamides is 1. The van der Waals surface area contributed by atoms with Crippen molar-refractivity contribution >= 4 is 26.8 Å². The molecule has 184 valence electrons. The fourth-order valence-corrected chi connectivity index (χ4v) is 6.11. The highest BCUT2D eigenvalue weighted by Crippen LogP contribution is 2.31. The quantitative estimate of drug-likeness (QED) is 0.547. The lowest BCUT2D eigenvalue weighted by molar-refractivity contribution is -0.136. The number of halogens is 1. The minimum atomic E-state index is -4.08. The molecular weight excluding hydrogens is 469 g/mol. The fourth-order valence-electron chi connectivity index (χ4n) is 4.60. The van der Waals surface area contributed by atoms with E-state index in [1.54, 1.807) is 12.3 Å². The lowest BCUT2D eigenvalue weighted by Gasteiger charge is -2.23. The number of amides is 1. The second-order valence-corrected chi connectivity index (χ2v) is 10.9. The van der Waals surface area contributed by atoms with E-state index in [1.807, 2.05) is 35.2 Å². The Kier molecular flexibility index (Phi) is 6.82. The minimum Gasteiger partial charge on any atom is -0.370 e. The summed E-state index contributed by atoms with van der Waals surface area (Å²) in [5, 5.41) is 0.865. The van der Waals surface area contributed by atoms with Gasteiger partial charge in [-0.1, -0.05) is 24.3 Å². The fraction of sp³-hybridized carbons (Fsp3) is 0.385. The lowest BCUT2D eigenvalue weighted by Crippen LogP contribution is -2.37. The summed E-state index contributed by atoms with van der Waals surface area (Å²) in [6, 6.07) is 13.8. The molecule has 35 heavy (non-hydrogen) atoms. The first-order valence-electron chi connectivity index (χ1n) is 12.0. The minimum absolute atomic E-state index is 0.0472. The van der Waals surface area contributed by atoms with E-state index in [9.17, 15) is 13.2 Å². The number of nitrogens with zero attached hydrogens (tertiary/aromatic N) is 3. The predicted octanol–water partition coefficient (Wildman–Crippen LogP) is 3.83. The number of pyridine rings is 1. The monoisotopic (exact) mass is 497 g/mol. The van der Waals surface area contributed by atoms with Gasteiger partial charge in [0.05, 0.1) is 12.1 Å². The van der Waals surface area contributed by atoms with Crippen LogP contribution in [0.2, 0.25) is 0 Å². The van der Waals surface area contributed by atoms with Crippen LogP contribution in [0, 0.1) is 5.82 Å². The van der Waals surface area contributed by atoms with E-state index in [0.29, 0.717) is 24.9 Å². The molecule has 1 aliphatic heterocycles. The molecule has 1 amide bonds. The molecule has 2 fully saturated rings. The van der Waals surface area contributed by atoms with Gasteiger partial charge < -0.3 is 9.64 Å². The van der Waals surface area contributed by atoms with Gasteiger partial charge in [-0.3, -0.25) is 9.78 Å². The zero-order valence-electron chi connectivity index (χ0n) is 19.4. The molecule has 1 aliphatic carbocycles. The molecule has 2 heterocycles. The third-order valence-electron chi connectivity index (χ3n) is 6.58. The molecule has 0 unspecified atom stereocenters. The topological polar surface area (TPSA) is 79.8 Å². The second-order valence-electron chi connectivity index (χ2n) is 9.00. The highest BCUT2D eigenvalue weighted by molar-refractivity contribution is 7.89. The second kappa shape index (κ2) is 10.0. The molecule has 0 spiro atoms. The van der Waals surface area contributed by atoms with Crippen LogP contribution in [-0.2, 0) is 19.6 Å². The number of rotatable bonds is 4. The first-order chi connectivity index (χ1) is 16.9. The maximum absolute atomic E-state index is 15.3. The van der Waals surface area contributed by atoms with Crippen molar-refractivity contribution in [3.05, 3.63) is 60.5 Å². The van der Waals surface area contributed by atoms with E-state index < -0.39 is 15.8 Å². The van der Waals surface area contributed by atoms with Crippen molar-refractivity contribution < 1.29 is 22.3 Å². The molecule has 1 saturated heterocycles. The largest absolute Gasteiger partial charge is 0.370 e. The molecule has 1 aromatic heterocycles. The molecule has 9 heteroatoms. The van der Waals surface area contributed by atoms with Crippen LogP contribution in [0.4, 0.5) is 4.39 Å². The van der Waals surface area contributed by atoms with Crippen LogP contribution in [0.25, 0.3) is 22.0 Å². The van der Waals surface area contributed by atoms with Crippen LogP contribution < -0.4 is 0 Å². The number of fused-ring (bicyclic) bond motifs is 1. The van der Waals surface area contributed by atoms with E-state index in [1.165, 1.54) is 16.4 Å². The van der Waals surface area contributed by atoms with Crippen molar-refractivity contribution in [2.75, 3.05) is 32.8 Å². The molecule has 2 aromatic carbocycles. The third kappa shape index (κ3) is 5.07. The number of carbonyl (C=O) groups excluding carboxylic acids is 1. The number of aromatic nitrogens is 1.